The van der Waals surface area contributed by atoms with E-state index in [1.165, 1.54) is 0 Å². The summed E-state index contributed by atoms with van der Waals surface area (Å²) in [5, 5.41) is 13.1. The van der Waals surface area contributed by atoms with Crippen molar-refractivity contribution in [2.75, 3.05) is 18.1 Å². The Morgan fingerprint density at radius 2 is 2.42 bits per heavy atom. The molecule has 0 aliphatic carbocycles. The molecule has 3 unspecified atom stereocenters. The summed E-state index contributed by atoms with van der Waals surface area (Å²) in [6.07, 6.45) is 4.11. The number of thioether (sulfide) groups is 1. The Labute approximate surface area is 119 Å². The maximum absolute atomic E-state index is 12.1. The van der Waals surface area contributed by atoms with Crippen molar-refractivity contribution >= 4 is 17.7 Å². The maximum atomic E-state index is 12.1. The zero-order valence-corrected chi connectivity index (χ0v) is 12.7. The zero-order chi connectivity index (χ0) is 13.9. The average Bonchev–Trinajstić information content (AvgIpc) is 2.77. The number of nitrogens with one attached hydrogen (secondary N) is 1. The summed E-state index contributed by atoms with van der Waals surface area (Å²) in [5.41, 5.74) is -1.28. The van der Waals surface area contributed by atoms with E-state index in [0.717, 1.165) is 37.2 Å². The van der Waals surface area contributed by atoms with Crippen LogP contribution in [0.2, 0.25) is 0 Å². The van der Waals surface area contributed by atoms with Crippen LogP contribution in [0.25, 0.3) is 0 Å². The van der Waals surface area contributed by atoms with Gasteiger partial charge in [-0.25, -0.2) is 0 Å². The fourth-order valence-electron chi connectivity index (χ4n) is 2.96. The average molecular weight is 287 g/mol. The summed E-state index contributed by atoms with van der Waals surface area (Å²) in [7, 11) is 0. The zero-order valence-electron chi connectivity index (χ0n) is 11.9. The number of amides is 1. The number of carbonyl (C=O) groups is 1. The molecule has 5 heteroatoms. The van der Waals surface area contributed by atoms with Crippen LogP contribution in [0.15, 0.2) is 0 Å². The first-order valence-electron chi connectivity index (χ1n) is 7.22. The van der Waals surface area contributed by atoms with Gasteiger partial charge in [0.05, 0.1) is 5.60 Å². The van der Waals surface area contributed by atoms with Crippen LogP contribution >= 0.6 is 11.8 Å². The molecule has 110 valence electrons. The lowest BCUT2D eigenvalue weighted by Gasteiger charge is -2.38. The van der Waals surface area contributed by atoms with Crippen LogP contribution in [0.1, 0.15) is 46.0 Å². The monoisotopic (exact) mass is 287 g/mol. The Kier molecular flexibility index (Phi) is 4.79. The number of rotatable bonds is 4. The summed E-state index contributed by atoms with van der Waals surface area (Å²) in [4.78, 5) is 12.1. The molecule has 2 N–H and O–H groups in total. The SMILES string of the molecule is CCCC(C)(O)C(=O)NC1CCOC2(CCSC2)C1. The molecule has 2 aliphatic rings. The van der Waals surface area contributed by atoms with Crippen molar-refractivity contribution in [3.05, 3.63) is 0 Å². The van der Waals surface area contributed by atoms with Gasteiger partial charge >= 0.3 is 0 Å². The second-order valence-corrected chi connectivity index (χ2v) is 7.13. The fourth-order valence-corrected chi connectivity index (χ4v) is 4.33. The summed E-state index contributed by atoms with van der Waals surface area (Å²) < 4.78 is 5.94. The first kappa shape index (κ1) is 15.1. The second-order valence-electron chi connectivity index (χ2n) is 6.02. The van der Waals surface area contributed by atoms with E-state index in [-0.39, 0.29) is 17.6 Å². The third kappa shape index (κ3) is 3.64. The number of aliphatic hydroxyl groups is 1. The summed E-state index contributed by atoms with van der Waals surface area (Å²) >= 11 is 1.93. The molecule has 4 nitrogen and oxygen atoms in total. The van der Waals surface area contributed by atoms with Crippen LogP contribution in [0.4, 0.5) is 0 Å². The largest absolute Gasteiger partial charge is 0.380 e. The highest BCUT2D eigenvalue weighted by Gasteiger charge is 2.42. The molecule has 1 amide bonds. The Morgan fingerprint density at radius 1 is 1.63 bits per heavy atom. The topological polar surface area (TPSA) is 58.6 Å². The lowest BCUT2D eigenvalue weighted by molar-refractivity contribution is -0.141. The van der Waals surface area contributed by atoms with Crippen molar-refractivity contribution in [2.24, 2.45) is 0 Å². The number of carbonyl (C=O) groups excluding carboxylic acids is 1. The molecule has 2 saturated heterocycles. The maximum Gasteiger partial charge on any atom is 0.251 e. The minimum atomic E-state index is -1.25. The van der Waals surface area contributed by atoms with E-state index in [9.17, 15) is 9.90 Å². The normalized spacial score (nSPS) is 34.2. The van der Waals surface area contributed by atoms with Gasteiger partial charge in [-0.05, 0) is 38.4 Å². The van der Waals surface area contributed by atoms with Gasteiger partial charge in [0, 0.05) is 18.4 Å². The summed E-state index contributed by atoms with van der Waals surface area (Å²) in [6.45, 7) is 4.29. The molecule has 19 heavy (non-hydrogen) atoms. The van der Waals surface area contributed by atoms with E-state index in [2.05, 4.69) is 5.32 Å². The van der Waals surface area contributed by atoms with Crippen molar-refractivity contribution in [1.82, 2.24) is 5.32 Å². The van der Waals surface area contributed by atoms with Crippen molar-refractivity contribution < 1.29 is 14.6 Å². The van der Waals surface area contributed by atoms with E-state index in [0.29, 0.717) is 13.0 Å². The lowest BCUT2D eigenvalue weighted by atomic mass is 9.89. The molecular formula is C14H25NO3S. The lowest BCUT2D eigenvalue weighted by Crippen LogP contribution is -2.53. The Hall–Kier alpha value is -0.260. The minimum Gasteiger partial charge on any atom is -0.380 e. The molecule has 1 spiro atoms. The van der Waals surface area contributed by atoms with E-state index in [1.807, 2.05) is 18.7 Å². The van der Waals surface area contributed by atoms with Gasteiger partial charge in [0.25, 0.3) is 5.91 Å². The summed E-state index contributed by atoms with van der Waals surface area (Å²) in [6, 6.07) is 0.142. The van der Waals surface area contributed by atoms with Crippen LogP contribution in [0.3, 0.4) is 0 Å². The van der Waals surface area contributed by atoms with E-state index in [4.69, 9.17) is 4.74 Å². The molecule has 0 aromatic rings. The van der Waals surface area contributed by atoms with Crippen LogP contribution in [0.5, 0.6) is 0 Å². The van der Waals surface area contributed by atoms with Crippen LogP contribution < -0.4 is 5.32 Å². The van der Waals surface area contributed by atoms with E-state index >= 15 is 0 Å². The van der Waals surface area contributed by atoms with Gasteiger partial charge in [0.1, 0.15) is 5.60 Å². The van der Waals surface area contributed by atoms with Gasteiger partial charge in [0.2, 0.25) is 0 Å². The Bertz CT molecular complexity index is 327. The highest BCUT2D eigenvalue weighted by atomic mass is 32.2. The molecule has 0 bridgehead atoms. The molecule has 2 rings (SSSR count). The Morgan fingerprint density at radius 3 is 3.05 bits per heavy atom. The third-order valence-electron chi connectivity index (χ3n) is 4.12. The van der Waals surface area contributed by atoms with Crippen LogP contribution in [-0.4, -0.2) is 46.4 Å². The molecule has 0 saturated carbocycles. The number of ether oxygens (including phenoxy) is 1. The summed E-state index contributed by atoms with van der Waals surface area (Å²) in [5.74, 6) is 1.95. The van der Waals surface area contributed by atoms with Crippen molar-refractivity contribution in [3.63, 3.8) is 0 Å². The fraction of sp³-hybridized carbons (Fsp3) is 0.929. The molecule has 2 fully saturated rings. The predicted molar refractivity (Wildman–Crippen MR) is 77.3 cm³/mol. The Balaban J connectivity index is 1.90. The first-order chi connectivity index (χ1) is 8.97. The number of hydrogen-bond donors (Lipinski definition) is 2. The molecular weight excluding hydrogens is 262 g/mol. The minimum absolute atomic E-state index is 0.0303. The van der Waals surface area contributed by atoms with Gasteiger partial charge in [-0.15, -0.1) is 0 Å². The van der Waals surface area contributed by atoms with Gasteiger partial charge in [-0.1, -0.05) is 13.3 Å². The molecule has 0 radical (unpaired) electrons. The standard InChI is InChI=1S/C14H25NO3S/c1-3-5-13(2,17)12(16)15-11-4-7-18-14(9-11)6-8-19-10-14/h11,17H,3-10H2,1-2H3,(H,15,16). The second kappa shape index (κ2) is 6.02. The van der Waals surface area contributed by atoms with Gasteiger partial charge < -0.3 is 15.2 Å². The van der Waals surface area contributed by atoms with Crippen molar-refractivity contribution in [3.8, 4) is 0 Å². The van der Waals surface area contributed by atoms with Gasteiger partial charge in [0.15, 0.2) is 0 Å². The van der Waals surface area contributed by atoms with Crippen molar-refractivity contribution in [2.45, 2.75) is 63.2 Å². The van der Waals surface area contributed by atoms with Gasteiger partial charge in [-0.3, -0.25) is 4.79 Å². The molecule has 0 aromatic carbocycles. The predicted octanol–water partition coefficient (Wildman–Crippen LogP) is 1.71. The quantitative estimate of drug-likeness (QED) is 0.826. The van der Waals surface area contributed by atoms with Crippen molar-refractivity contribution in [1.29, 1.82) is 0 Å². The molecule has 3 atom stereocenters. The van der Waals surface area contributed by atoms with Crippen LogP contribution in [0, 0.1) is 0 Å². The van der Waals surface area contributed by atoms with Gasteiger partial charge in [-0.2, -0.15) is 11.8 Å². The molecule has 2 heterocycles. The number of hydrogen-bond acceptors (Lipinski definition) is 4. The molecule has 0 aromatic heterocycles. The molecule has 2 aliphatic heterocycles. The van der Waals surface area contributed by atoms with Crippen LogP contribution in [-0.2, 0) is 9.53 Å². The highest BCUT2D eigenvalue weighted by Crippen LogP contribution is 2.38. The highest BCUT2D eigenvalue weighted by molar-refractivity contribution is 7.99. The first-order valence-corrected chi connectivity index (χ1v) is 8.38. The van der Waals surface area contributed by atoms with E-state index < -0.39 is 5.60 Å². The third-order valence-corrected chi connectivity index (χ3v) is 5.34. The van der Waals surface area contributed by atoms with E-state index in [1.54, 1.807) is 6.92 Å². The smallest absolute Gasteiger partial charge is 0.251 e.